The zero-order chi connectivity index (χ0) is 14.5. The number of aliphatic carboxylic acids is 1. The maximum atomic E-state index is 11.0. The van der Waals surface area contributed by atoms with Gasteiger partial charge in [-0.2, -0.15) is 0 Å². The van der Waals surface area contributed by atoms with E-state index in [1.165, 1.54) is 18.6 Å². The molecule has 6 heteroatoms. The molecule has 1 N–H and O–H groups in total. The molecule has 0 unspecified atom stereocenters. The largest absolute Gasteiger partial charge is 0.478 e. The number of carbonyl (C=O) groups is 1. The van der Waals surface area contributed by atoms with E-state index < -0.39 is 10.9 Å². The molecule has 0 bridgehead atoms. The second-order valence-electron chi connectivity index (χ2n) is 4.72. The molecule has 0 aliphatic carbocycles. The Morgan fingerprint density at radius 3 is 2.60 bits per heavy atom. The molecule has 1 aromatic carbocycles. The summed E-state index contributed by atoms with van der Waals surface area (Å²) in [6, 6.07) is 4.84. The van der Waals surface area contributed by atoms with Gasteiger partial charge in [0.25, 0.3) is 5.69 Å². The number of hydrogen-bond acceptors (Lipinski definition) is 4. The first-order valence-corrected chi connectivity index (χ1v) is 6.52. The van der Waals surface area contributed by atoms with Crippen LogP contribution in [0.2, 0.25) is 0 Å². The summed E-state index contributed by atoms with van der Waals surface area (Å²) in [4.78, 5) is 23.2. The summed E-state index contributed by atoms with van der Waals surface area (Å²) < 4.78 is 0. The highest BCUT2D eigenvalue weighted by Crippen LogP contribution is 2.27. The topological polar surface area (TPSA) is 83.7 Å². The van der Waals surface area contributed by atoms with Gasteiger partial charge in [0.1, 0.15) is 0 Å². The number of benzene rings is 1. The van der Waals surface area contributed by atoms with Gasteiger partial charge in [-0.1, -0.05) is 0 Å². The van der Waals surface area contributed by atoms with Crippen LogP contribution in [0.3, 0.4) is 0 Å². The van der Waals surface area contributed by atoms with Gasteiger partial charge in [0.2, 0.25) is 0 Å². The van der Waals surface area contributed by atoms with Crippen molar-refractivity contribution in [1.82, 2.24) is 0 Å². The molecule has 1 aliphatic rings. The number of carboxylic acids is 1. The van der Waals surface area contributed by atoms with Crippen LogP contribution in [0.4, 0.5) is 11.4 Å². The van der Waals surface area contributed by atoms with Crippen LogP contribution in [0.25, 0.3) is 6.08 Å². The SMILES string of the molecule is O=C(O)/C=C/c1cc(N2CCCCC2)ccc1[N+](=O)[O-]. The standard InChI is InChI=1S/C14H16N2O4/c17-14(18)7-4-11-10-12(5-6-13(11)16(19)20)15-8-2-1-3-9-15/h4-7,10H,1-3,8-9H2,(H,17,18)/b7-4+. The number of nitrogens with zero attached hydrogens (tertiary/aromatic N) is 2. The summed E-state index contributed by atoms with van der Waals surface area (Å²) in [7, 11) is 0. The van der Waals surface area contributed by atoms with Crippen LogP contribution in [0.1, 0.15) is 24.8 Å². The Morgan fingerprint density at radius 2 is 2.00 bits per heavy atom. The van der Waals surface area contributed by atoms with Gasteiger partial charge in [0, 0.05) is 30.9 Å². The fourth-order valence-electron chi connectivity index (χ4n) is 2.35. The molecule has 0 saturated carbocycles. The van der Waals surface area contributed by atoms with Gasteiger partial charge in [-0.05, 0) is 37.5 Å². The second kappa shape index (κ2) is 6.18. The third-order valence-electron chi connectivity index (χ3n) is 3.33. The molecule has 106 valence electrons. The smallest absolute Gasteiger partial charge is 0.328 e. The minimum absolute atomic E-state index is 0.0803. The number of piperidine rings is 1. The Bertz CT molecular complexity index is 548. The normalized spacial score (nSPS) is 15.5. The van der Waals surface area contributed by atoms with Crippen molar-refractivity contribution in [2.24, 2.45) is 0 Å². The fourth-order valence-corrected chi connectivity index (χ4v) is 2.35. The van der Waals surface area contributed by atoms with E-state index in [9.17, 15) is 14.9 Å². The van der Waals surface area contributed by atoms with Gasteiger partial charge >= 0.3 is 5.97 Å². The lowest BCUT2D eigenvalue weighted by Crippen LogP contribution is -2.29. The van der Waals surface area contributed by atoms with Crippen molar-refractivity contribution >= 4 is 23.4 Å². The van der Waals surface area contributed by atoms with Gasteiger partial charge in [0.15, 0.2) is 0 Å². The molecule has 6 nitrogen and oxygen atoms in total. The summed E-state index contributed by atoms with van der Waals surface area (Å²) in [5.41, 5.74) is 1.14. The molecule has 1 aromatic rings. The molecule has 0 aromatic heterocycles. The van der Waals surface area contributed by atoms with E-state index in [0.717, 1.165) is 37.7 Å². The van der Waals surface area contributed by atoms with Crippen molar-refractivity contribution in [3.8, 4) is 0 Å². The molecule has 2 rings (SSSR count). The Hall–Kier alpha value is -2.37. The third-order valence-corrected chi connectivity index (χ3v) is 3.33. The van der Waals surface area contributed by atoms with E-state index in [2.05, 4.69) is 4.90 Å². The minimum Gasteiger partial charge on any atom is -0.478 e. The molecule has 0 spiro atoms. The zero-order valence-corrected chi connectivity index (χ0v) is 11.0. The van der Waals surface area contributed by atoms with Crippen LogP contribution in [-0.2, 0) is 4.79 Å². The van der Waals surface area contributed by atoms with Gasteiger partial charge in [0.05, 0.1) is 10.5 Å². The lowest BCUT2D eigenvalue weighted by atomic mass is 10.1. The van der Waals surface area contributed by atoms with E-state index in [1.54, 1.807) is 12.1 Å². The van der Waals surface area contributed by atoms with E-state index in [4.69, 9.17) is 5.11 Å². The summed E-state index contributed by atoms with van der Waals surface area (Å²) >= 11 is 0. The summed E-state index contributed by atoms with van der Waals surface area (Å²) in [6.45, 7) is 1.86. The molecule has 0 amide bonds. The van der Waals surface area contributed by atoms with Gasteiger partial charge in [-0.3, -0.25) is 10.1 Å². The highest BCUT2D eigenvalue weighted by Gasteiger charge is 2.16. The van der Waals surface area contributed by atoms with Crippen LogP contribution in [0.15, 0.2) is 24.3 Å². The molecule has 1 saturated heterocycles. The van der Waals surface area contributed by atoms with Crippen molar-refractivity contribution in [3.63, 3.8) is 0 Å². The van der Waals surface area contributed by atoms with Crippen LogP contribution < -0.4 is 4.90 Å². The number of nitro groups is 1. The van der Waals surface area contributed by atoms with E-state index >= 15 is 0 Å². The quantitative estimate of drug-likeness (QED) is 0.519. The van der Waals surface area contributed by atoms with Crippen molar-refractivity contribution in [3.05, 3.63) is 40.0 Å². The molecule has 20 heavy (non-hydrogen) atoms. The monoisotopic (exact) mass is 276 g/mol. The predicted octanol–water partition coefficient (Wildman–Crippen LogP) is 2.68. The Labute approximate surface area is 116 Å². The number of hydrogen-bond donors (Lipinski definition) is 1. The molecule has 1 heterocycles. The van der Waals surface area contributed by atoms with Crippen molar-refractivity contribution in [2.75, 3.05) is 18.0 Å². The molecule has 0 radical (unpaired) electrons. The highest BCUT2D eigenvalue weighted by molar-refractivity contribution is 5.86. The Balaban J connectivity index is 2.34. The highest BCUT2D eigenvalue weighted by atomic mass is 16.6. The first-order chi connectivity index (χ1) is 9.58. The lowest BCUT2D eigenvalue weighted by Gasteiger charge is -2.28. The molecular formula is C14H16N2O4. The van der Waals surface area contributed by atoms with Gasteiger partial charge in [-0.15, -0.1) is 0 Å². The molecule has 1 fully saturated rings. The maximum absolute atomic E-state index is 11.0. The number of nitro benzene ring substituents is 1. The van der Waals surface area contributed by atoms with Crippen molar-refractivity contribution in [1.29, 1.82) is 0 Å². The molecule has 0 atom stereocenters. The van der Waals surface area contributed by atoms with Crippen LogP contribution in [0.5, 0.6) is 0 Å². The number of anilines is 1. The third kappa shape index (κ3) is 3.34. The van der Waals surface area contributed by atoms with Crippen LogP contribution in [-0.4, -0.2) is 29.1 Å². The molecular weight excluding hydrogens is 260 g/mol. The van der Waals surface area contributed by atoms with Crippen molar-refractivity contribution < 1.29 is 14.8 Å². The van der Waals surface area contributed by atoms with Crippen LogP contribution in [0, 0.1) is 10.1 Å². The van der Waals surface area contributed by atoms with E-state index in [1.807, 2.05) is 0 Å². The number of carboxylic acid groups (broad SMARTS) is 1. The fraction of sp³-hybridized carbons (Fsp3) is 0.357. The lowest BCUT2D eigenvalue weighted by molar-refractivity contribution is -0.385. The van der Waals surface area contributed by atoms with Gasteiger partial charge < -0.3 is 10.0 Å². The first kappa shape index (κ1) is 14.0. The average molecular weight is 276 g/mol. The van der Waals surface area contributed by atoms with Crippen LogP contribution >= 0.6 is 0 Å². The summed E-state index contributed by atoms with van der Waals surface area (Å²) in [5.74, 6) is -1.12. The van der Waals surface area contributed by atoms with E-state index in [-0.39, 0.29) is 5.69 Å². The maximum Gasteiger partial charge on any atom is 0.328 e. The van der Waals surface area contributed by atoms with E-state index in [0.29, 0.717) is 5.56 Å². The Morgan fingerprint density at radius 1 is 1.30 bits per heavy atom. The average Bonchev–Trinajstić information content (AvgIpc) is 2.45. The number of rotatable bonds is 4. The zero-order valence-electron chi connectivity index (χ0n) is 11.0. The first-order valence-electron chi connectivity index (χ1n) is 6.52. The summed E-state index contributed by atoms with van der Waals surface area (Å²) in [6.07, 6.45) is 5.61. The Kier molecular flexibility index (Phi) is 4.34. The summed E-state index contributed by atoms with van der Waals surface area (Å²) in [5, 5.41) is 19.6. The van der Waals surface area contributed by atoms with Gasteiger partial charge in [-0.25, -0.2) is 4.79 Å². The van der Waals surface area contributed by atoms with Crippen molar-refractivity contribution in [2.45, 2.75) is 19.3 Å². The minimum atomic E-state index is -1.12. The second-order valence-corrected chi connectivity index (χ2v) is 4.72. The predicted molar refractivity (Wildman–Crippen MR) is 75.8 cm³/mol. The molecule has 1 aliphatic heterocycles.